The van der Waals surface area contributed by atoms with Gasteiger partial charge >= 0.3 is 0 Å². The molecule has 4 heteroatoms. The lowest BCUT2D eigenvalue weighted by atomic mass is 9.91. The van der Waals surface area contributed by atoms with Gasteiger partial charge in [-0.1, -0.05) is 18.2 Å². The summed E-state index contributed by atoms with van der Waals surface area (Å²) in [7, 11) is 0. The first-order valence-electron chi connectivity index (χ1n) is 6.95. The number of amides is 1. The monoisotopic (exact) mass is 260 g/mol. The first kappa shape index (κ1) is 12.6. The summed E-state index contributed by atoms with van der Waals surface area (Å²) in [5.41, 5.74) is 1.77. The molecule has 19 heavy (non-hydrogen) atoms. The molecule has 1 aromatic carbocycles. The fourth-order valence-electron chi connectivity index (χ4n) is 3.20. The van der Waals surface area contributed by atoms with Crippen molar-refractivity contribution < 1.29 is 9.90 Å². The highest BCUT2D eigenvalue weighted by Crippen LogP contribution is 2.58. The number of para-hydroxylation sites is 1. The van der Waals surface area contributed by atoms with Gasteiger partial charge in [0, 0.05) is 17.2 Å². The van der Waals surface area contributed by atoms with Crippen LogP contribution in [0.4, 0.5) is 5.69 Å². The van der Waals surface area contributed by atoms with E-state index in [1.807, 2.05) is 24.3 Å². The van der Waals surface area contributed by atoms with Gasteiger partial charge in [0.05, 0.1) is 6.61 Å². The maximum atomic E-state index is 12.3. The number of hydrogen-bond donors (Lipinski definition) is 3. The minimum atomic E-state index is -0.0455. The lowest BCUT2D eigenvalue weighted by molar-refractivity contribution is -0.118. The van der Waals surface area contributed by atoms with Crippen LogP contribution in [0.1, 0.15) is 24.8 Å². The van der Waals surface area contributed by atoms with Crippen molar-refractivity contribution >= 4 is 11.6 Å². The van der Waals surface area contributed by atoms with Gasteiger partial charge in [0.25, 0.3) is 0 Å². The van der Waals surface area contributed by atoms with E-state index in [1.54, 1.807) is 0 Å². The molecule has 1 saturated heterocycles. The highest BCUT2D eigenvalue weighted by Gasteiger charge is 2.57. The van der Waals surface area contributed by atoms with E-state index in [0.29, 0.717) is 0 Å². The maximum absolute atomic E-state index is 12.3. The zero-order valence-electron chi connectivity index (χ0n) is 11.0. The number of aliphatic hydroxyl groups excluding tert-OH is 1. The zero-order chi connectivity index (χ0) is 13.3. The van der Waals surface area contributed by atoms with Gasteiger partial charge < -0.3 is 15.7 Å². The fourth-order valence-corrected chi connectivity index (χ4v) is 3.20. The van der Waals surface area contributed by atoms with Gasteiger partial charge in [-0.15, -0.1) is 0 Å². The molecule has 3 N–H and O–H groups in total. The first-order valence-corrected chi connectivity index (χ1v) is 6.95. The minimum Gasteiger partial charge on any atom is -0.392 e. The van der Waals surface area contributed by atoms with Gasteiger partial charge in [0.15, 0.2) is 0 Å². The van der Waals surface area contributed by atoms with Crippen molar-refractivity contribution in [1.29, 1.82) is 0 Å². The molecule has 1 aromatic rings. The van der Waals surface area contributed by atoms with E-state index < -0.39 is 0 Å². The summed E-state index contributed by atoms with van der Waals surface area (Å²) in [5, 5.41) is 15.6. The SMILES string of the molecule is O=C(Nc1ccccc1CO)C1CC12CCNCC2. The van der Waals surface area contributed by atoms with E-state index in [2.05, 4.69) is 10.6 Å². The van der Waals surface area contributed by atoms with Crippen molar-refractivity contribution in [3.63, 3.8) is 0 Å². The van der Waals surface area contributed by atoms with Gasteiger partial charge in [-0.05, 0) is 43.8 Å². The number of benzene rings is 1. The Bertz CT molecular complexity index is 481. The third-order valence-electron chi connectivity index (χ3n) is 4.55. The fraction of sp³-hybridized carbons (Fsp3) is 0.533. The number of nitrogens with one attached hydrogen (secondary N) is 2. The molecule has 0 bridgehead atoms. The van der Waals surface area contributed by atoms with Crippen molar-refractivity contribution in [2.24, 2.45) is 11.3 Å². The average molecular weight is 260 g/mol. The molecule has 1 amide bonds. The van der Waals surface area contributed by atoms with Gasteiger partial charge in [0.1, 0.15) is 0 Å². The van der Waals surface area contributed by atoms with Gasteiger partial charge in [-0.25, -0.2) is 0 Å². The second-order valence-electron chi connectivity index (χ2n) is 5.67. The third kappa shape index (κ3) is 2.38. The summed E-state index contributed by atoms with van der Waals surface area (Å²) in [5.74, 6) is 0.268. The molecule has 102 valence electrons. The van der Waals surface area contributed by atoms with Crippen molar-refractivity contribution in [1.82, 2.24) is 5.32 Å². The highest BCUT2D eigenvalue weighted by molar-refractivity contribution is 5.95. The van der Waals surface area contributed by atoms with Crippen molar-refractivity contribution in [3.05, 3.63) is 29.8 Å². The van der Waals surface area contributed by atoms with Crippen LogP contribution < -0.4 is 10.6 Å². The van der Waals surface area contributed by atoms with E-state index in [0.717, 1.165) is 43.6 Å². The van der Waals surface area contributed by atoms with Crippen LogP contribution in [0.5, 0.6) is 0 Å². The second kappa shape index (κ2) is 4.94. The Labute approximate surface area is 113 Å². The van der Waals surface area contributed by atoms with Gasteiger partial charge in [0.2, 0.25) is 5.91 Å². The van der Waals surface area contributed by atoms with Crippen LogP contribution in [0.3, 0.4) is 0 Å². The summed E-state index contributed by atoms with van der Waals surface area (Å²) in [6.07, 6.45) is 3.22. The summed E-state index contributed by atoms with van der Waals surface area (Å²) in [6, 6.07) is 7.43. The van der Waals surface area contributed by atoms with Crippen LogP contribution in [0.15, 0.2) is 24.3 Å². The summed E-state index contributed by atoms with van der Waals surface area (Å²) >= 11 is 0. The van der Waals surface area contributed by atoms with E-state index in [9.17, 15) is 9.90 Å². The smallest absolute Gasteiger partial charge is 0.228 e. The van der Waals surface area contributed by atoms with Crippen LogP contribution in [0.25, 0.3) is 0 Å². The molecule has 1 unspecified atom stereocenters. The Morgan fingerprint density at radius 3 is 2.84 bits per heavy atom. The molecule has 1 saturated carbocycles. The quantitative estimate of drug-likeness (QED) is 0.772. The molecule has 2 aliphatic rings. The molecule has 1 atom stereocenters. The summed E-state index contributed by atoms with van der Waals surface area (Å²) in [6.45, 7) is 2.00. The number of hydrogen-bond acceptors (Lipinski definition) is 3. The lowest BCUT2D eigenvalue weighted by Crippen LogP contribution is -2.31. The molecular weight excluding hydrogens is 240 g/mol. The lowest BCUT2D eigenvalue weighted by Gasteiger charge is -2.23. The number of carbonyl (C=O) groups excluding carboxylic acids is 1. The first-order chi connectivity index (χ1) is 9.25. The van der Waals surface area contributed by atoms with Gasteiger partial charge in [-0.2, -0.15) is 0 Å². The number of piperidine rings is 1. The van der Waals surface area contributed by atoms with E-state index in [1.165, 1.54) is 0 Å². The van der Waals surface area contributed by atoms with Crippen molar-refractivity contribution in [2.75, 3.05) is 18.4 Å². The Morgan fingerprint density at radius 2 is 2.11 bits per heavy atom. The number of anilines is 1. The van der Waals surface area contributed by atoms with E-state index in [-0.39, 0.29) is 23.8 Å². The maximum Gasteiger partial charge on any atom is 0.228 e. The summed E-state index contributed by atoms with van der Waals surface area (Å²) < 4.78 is 0. The molecule has 1 aliphatic heterocycles. The molecular formula is C15H20N2O2. The number of rotatable bonds is 3. The Hall–Kier alpha value is -1.39. The molecule has 0 aromatic heterocycles. The molecule has 1 spiro atoms. The Balaban J connectivity index is 1.66. The predicted molar refractivity (Wildman–Crippen MR) is 73.6 cm³/mol. The Morgan fingerprint density at radius 1 is 1.37 bits per heavy atom. The van der Waals surface area contributed by atoms with Crippen LogP contribution in [0, 0.1) is 11.3 Å². The second-order valence-corrected chi connectivity index (χ2v) is 5.67. The molecule has 4 nitrogen and oxygen atoms in total. The predicted octanol–water partition coefficient (Wildman–Crippen LogP) is 1.51. The molecule has 0 radical (unpaired) electrons. The van der Waals surface area contributed by atoms with Crippen molar-refractivity contribution in [2.45, 2.75) is 25.9 Å². The zero-order valence-corrected chi connectivity index (χ0v) is 11.0. The standard InChI is InChI=1S/C15H20N2O2/c18-10-11-3-1-2-4-13(11)17-14(19)12-9-15(12)5-7-16-8-6-15/h1-4,12,16,18H,5-10H2,(H,17,19). The molecule has 1 aliphatic carbocycles. The van der Waals surface area contributed by atoms with Crippen LogP contribution >= 0.6 is 0 Å². The third-order valence-corrected chi connectivity index (χ3v) is 4.55. The Kier molecular flexibility index (Phi) is 3.29. The van der Waals surface area contributed by atoms with Crippen molar-refractivity contribution in [3.8, 4) is 0 Å². The average Bonchev–Trinajstić information content (AvgIpc) is 3.14. The molecule has 2 fully saturated rings. The van der Waals surface area contributed by atoms with Crippen LogP contribution in [-0.4, -0.2) is 24.1 Å². The molecule has 3 rings (SSSR count). The van der Waals surface area contributed by atoms with E-state index >= 15 is 0 Å². The topological polar surface area (TPSA) is 61.4 Å². The van der Waals surface area contributed by atoms with Crippen LogP contribution in [0.2, 0.25) is 0 Å². The number of aliphatic hydroxyl groups is 1. The summed E-state index contributed by atoms with van der Waals surface area (Å²) in [4.78, 5) is 12.3. The largest absolute Gasteiger partial charge is 0.392 e. The normalized spacial score (nSPS) is 24.2. The molecule has 1 heterocycles. The van der Waals surface area contributed by atoms with Crippen LogP contribution in [-0.2, 0) is 11.4 Å². The van der Waals surface area contributed by atoms with E-state index in [4.69, 9.17) is 0 Å². The highest BCUT2D eigenvalue weighted by atomic mass is 16.3. The number of carbonyl (C=O) groups is 1. The van der Waals surface area contributed by atoms with Gasteiger partial charge in [-0.3, -0.25) is 4.79 Å². The minimum absolute atomic E-state index is 0.0455.